The molecular formula is C14H18FNO2. The number of ether oxygens (including phenoxy) is 1. The number of hydrogen-bond donors (Lipinski definition) is 1. The van der Waals surface area contributed by atoms with Gasteiger partial charge in [-0.1, -0.05) is 6.07 Å². The van der Waals surface area contributed by atoms with Crippen LogP contribution in [0.3, 0.4) is 0 Å². The third-order valence-electron chi connectivity index (χ3n) is 3.05. The molecule has 0 saturated heterocycles. The molecule has 0 aromatic heterocycles. The Morgan fingerprint density at radius 3 is 2.72 bits per heavy atom. The van der Waals surface area contributed by atoms with Crippen molar-refractivity contribution in [3.8, 4) is 0 Å². The van der Waals surface area contributed by atoms with E-state index in [1.165, 1.54) is 12.1 Å². The third-order valence-corrected chi connectivity index (χ3v) is 3.05. The summed E-state index contributed by atoms with van der Waals surface area (Å²) in [5.41, 5.74) is 7.15. The van der Waals surface area contributed by atoms with Gasteiger partial charge in [0.15, 0.2) is 0 Å². The normalized spacial score (nSPS) is 22.7. The zero-order chi connectivity index (χ0) is 13.5. The fraction of sp³-hybridized carbons (Fsp3) is 0.500. The van der Waals surface area contributed by atoms with Crippen LogP contribution in [0.2, 0.25) is 0 Å². The average Bonchev–Trinajstić information content (AvgIpc) is 2.53. The molecule has 0 aliphatic heterocycles. The molecule has 1 aromatic rings. The van der Waals surface area contributed by atoms with Crippen molar-refractivity contribution in [2.75, 3.05) is 0 Å². The fourth-order valence-electron chi connectivity index (χ4n) is 2.26. The molecule has 0 heterocycles. The van der Waals surface area contributed by atoms with Gasteiger partial charge in [0.1, 0.15) is 11.4 Å². The number of hydrogen-bond acceptors (Lipinski definition) is 3. The van der Waals surface area contributed by atoms with Crippen molar-refractivity contribution in [1.82, 2.24) is 0 Å². The Morgan fingerprint density at radius 2 is 2.11 bits per heavy atom. The van der Waals surface area contributed by atoms with Crippen LogP contribution in [0, 0.1) is 11.7 Å². The number of rotatable bonds is 1. The first-order valence-electron chi connectivity index (χ1n) is 6.05. The lowest BCUT2D eigenvalue weighted by Gasteiger charge is -2.23. The molecule has 2 atom stereocenters. The van der Waals surface area contributed by atoms with Gasteiger partial charge in [0, 0.05) is 6.04 Å². The molecule has 0 radical (unpaired) electrons. The van der Waals surface area contributed by atoms with Gasteiger partial charge in [-0.2, -0.15) is 0 Å². The zero-order valence-corrected chi connectivity index (χ0v) is 10.9. The van der Waals surface area contributed by atoms with Gasteiger partial charge >= 0.3 is 5.97 Å². The summed E-state index contributed by atoms with van der Waals surface area (Å²) in [6.45, 7) is 5.45. The molecule has 4 heteroatoms. The molecule has 2 N–H and O–H groups in total. The van der Waals surface area contributed by atoms with E-state index in [0.717, 1.165) is 11.1 Å². The van der Waals surface area contributed by atoms with E-state index in [-0.39, 0.29) is 11.8 Å². The van der Waals surface area contributed by atoms with Crippen LogP contribution in [0.1, 0.15) is 37.9 Å². The van der Waals surface area contributed by atoms with Gasteiger partial charge in [-0.05, 0) is 50.5 Å². The van der Waals surface area contributed by atoms with E-state index in [9.17, 15) is 9.18 Å². The highest BCUT2D eigenvalue weighted by Gasteiger charge is 2.37. The largest absolute Gasteiger partial charge is 0.460 e. The van der Waals surface area contributed by atoms with E-state index in [1.807, 2.05) is 20.8 Å². The molecule has 0 spiro atoms. The minimum Gasteiger partial charge on any atom is -0.460 e. The number of carbonyl (C=O) groups is 1. The Bertz CT molecular complexity index is 479. The zero-order valence-electron chi connectivity index (χ0n) is 10.9. The number of halogens is 1. The molecule has 2 rings (SSSR count). The lowest BCUT2D eigenvalue weighted by Crippen LogP contribution is -2.32. The molecule has 1 aromatic carbocycles. The highest BCUT2D eigenvalue weighted by Crippen LogP contribution is 2.36. The Labute approximate surface area is 106 Å². The molecule has 98 valence electrons. The number of fused-ring (bicyclic) bond motifs is 1. The summed E-state index contributed by atoms with van der Waals surface area (Å²) in [5.74, 6) is -1.03. The van der Waals surface area contributed by atoms with Gasteiger partial charge in [-0.3, -0.25) is 4.79 Å². The monoisotopic (exact) mass is 251 g/mol. The second-order valence-electron chi connectivity index (χ2n) is 5.71. The van der Waals surface area contributed by atoms with Crippen LogP contribution in [0.25, 0.3) is 0 Å². The highest BCUT2D eigenvalue weighted by atomic mass is 19.1. The molecule has 0 bridgehead atoms. The molecule has 0 amide bonds. The van der Waals surface area contributed by atoms with E-state index in [2.05, 4.69) is 0 Å². The van der Waals surface area contributed by atoms with E-state index >= 15 is 0 Å². The Hall–Kier alpha value is -1.42. The van der Waals surface area contributed by atoms with Crippen molar-refractivity contribution in [3.05, 3.63) is 35.1 Å². The Kier molecular flexibility index (Phi) is 3.15. The molecule has 0 unspecified atom stereocenters. The van der Waals surface area contributed by atoms with Crippen molar-refractivity contribution >= 4 is 5.97 Å². The average molecular weight is 251 g/mol. The van der Waals surface area contributed by atoms with E-state index in [0.29, 0.717) is 6.42 Å². The van der Waals surface area contributed by atoms with Crippen LogP contribution in [-0.4, -0.2) is 11.6 Å². The van der Waals surface area contributed by atoms with Crippen molar-refractivity contribution < 1.29 is 13.9 Å². The van der Waals surface area contributed by atoms with E-state index in [4.69, 9.17) is 10.5 Å². The molecule has 0 saturated carbocycles. The van der Waals surface area contributed by atoms with Gasteiger partial charge in [0.2, 0.25) is 0 Å². The first-order valence-corrected chi connectivity index (χ1v) is 6.05. The predicted octanol–water partition coefficient (Wildman–Crippen LogP) is 2.34. The summed E-state index contributed by atoms with van der Waals surface area (Å²) in [4.78, 5) is 12.0. The maximum atomic E-state index is 13.1. The first-order chi connectivity index (χ1) is 8.28. The topological polar surface area (TPSA) is 52.3 Å². The SMILES string of the molecule is CC(C)(C)OC(=O)[C@@H]1Cc2cc(F)ccc2[C@@H]1N. The summed E-state index contributed by atoms with van der Waals surface area (Å²) < 4.78 is 18.5. The molecular weight excluding hydrogens is 233 g/mol. The number of benzene rings is 1. The summed E-state index contributed by atoms with van der Waals surface area (Å²) in [5, 5.41) is 0. The van der Waals surface area contributed by atoms with Crippen LogP contribution in [0.5, 0.6) is 0 Å². The molecule has 1 aliphatic rings. The van der Waals surface area contributed by atoms with Crippen LogP contribution in [0.15, 0.2) is 18.2 Å². The summed E-state index contributed by atoms with van der Waals surface area (Å²) >= 11 is 0. The summed E-state index contributed by atoms with van der Waals surface area (Å²) in [6.07, 6.45) is 0.448. The number of nitrogens with two attached hydrogens (primary N) is 1. The van der Waals surface area contributed by atoms with Gasteiger partial charge in [0.25, 0.3) is 0 Å². The summed E-state index contributed by atoms with van der Waals surface area (Å²) in [7, 11) is 0. The third kappa shape index (κ3) is 2.53. The van der Waals surface area contributed by atoms with Crippen LogP contribution >= 0.6 is 0 Å². The molecule has 1 aliphatic carbocycles. The second kappa shape index (κ2) is 4.35. The second-order valence-corrected chi connectivity index (χ2v) is 5.71. The van der Waals surface area contributed by atoms with Crippen LogP contribution in [0.4, 0.5) is 4.39 Å². The standard InChI is InChI=1S/C14H18FNO2/c1-14(2,3)18-13(17)11-7-8-6-9(15)4-5-10(8)12(11)16/h4-6,11-12H,7,16H2,1-3H3/t11-,12+/m1/s1. The number of carbonyl (C=O) groups excluding carboxylic acids is 1. The van der Waals surface area contributed by atoms with Crippen molar-refractivity contribution in [3.63, 3.8) is 0 Å². The summed E-state index contributed by atoms with van der Waals surface area (Å²) in [6, 6.07) is 4.06. The Morgan fingerprint density at radius 1 is 1.44 bits per heavy atom. The van der Waals surface area contributed by atoms with Crippen molar-refractivity contribution in [2.45, 2.75) is 38.8 Å². The first kappa shape index (κ1) is 13.0. The number of esters is 1. The van der Waals surface area contributed by atoms with Gasteiger partial charge in [0.05, 0.1) is 5.92 Å². The van der Waals surface area contributed by atoms with Crippen LogP contribution < -0.4 is 5.73 Å². The van der Waals surface area contributed by atoms with Crippen molar-refractivity contribution in [2.24, 2.45) is 11.7 Å². The maximum absolute atomic E-state index is 13.1. The minimum atomic E-state index is -0.531. The molecule has 3 nitrogen and oxygen atoms in total. The maximum Gasteiger partial charge on any atom is 0.311 e. The van der Waals surface area contributed by atoms with Gasteiger partial charge in [-0.25, -0.2) is 4.39 Å². The van der Waals surface area contributed by atoms with Gasteiger partial charge < -0.3 is 10.5 Å². The lowest BCUT2D eigenvalue weighted by molar-refractivity contribution is -0.160. The lowest BCUT2D eigenvalue weighted by atomic mass is 10.0. The van der Waals surface area contributed by atoms with Gasteiger partial charge in [-0.15, -0.1) is 0 Å². The fourth-order valence-corrected chi connectivity index (χ4v) is 2.26. The Balaban J connectivity index is 2.18. The quantitative estimate of drug-likeness (QED) is 0.779. The smallest absolute Gasteiger partial charge is 0.311 e. The molecule has 0 fully saturated rings. The van der Waals surface area contributed by atoms with E-state index in [1.54, 1.807) is 6.07 Å². The van der Waals surface area contributed by atoms with Crippen molar-refractivity contribution in [1.29, 1.82) is 0 Å². The van der Waals surface area contributed by atoms with E-state index < -0.39 is 17.6 Å². The molecule has 18 heavy (non-hydrogen) atoms. The minimum absolute atomic E-state index is 0.300. The van der Waals surface area contributed by atoms with Crippen LogP contribution in [-0.2, 0) is 16.0 Å². The predicted molar refractivity (Wildman–Crippen MR) is 66.4 cm³/mol. The highest BCUT2D eigenvalue weighted by molar-refractivity contribution is 5.76.